The number of carbonyl (C=O) groups excluding carboxylic acids is 1. The molecule has 1 amide bonds. The van der Waals surface area contributed by atoms with E-state index in [-0.39, 0.29) is 53.3 Å². The molecule has 0 fully saturated rings. The second kappa shape index (κ2) is 11.0. The van der Waals surface area contributed by atoms with Crippen molar-refractivity contribution in [2.45, 2.75) is 51.5 Å². The standard InChI is InChI=1S/C32H32N6O5S/c1-19-8-6-9-20(2)28(19)24-16-27-36-31(35-24)37-44(40,41)23-11-7-10-21(14-23)30(39)38(12-13-42-27)18-22-17-33-29-25(34-22)15-26(43-29)32(3,4)5/h6-11,14-17H,12-13,18H2,1-5H3,(H,35,36,37). The molecule has 12 heteroatoms. The van der Waals surface area contributed by atoms with E-state index in [2.05, 4.69) is 19.7 Å². The minimum Gasteiger partial charge on any atom is -0.476 e. The molecule has 4 bridgehead atoms. The highest BCUT2D eigenvalue weighted by molar-refractivity contribution is 7.92. The molecule has 4 heterocycles. The van der Waals surface area contributed by atoms with Gasteiger partial charge in [-0.25, -0.2) is 28.1 Å². The lowest BCUT2D eigenvalue weighted by atomic mass is 9.93. The number of nitrogens with zero attached hydrogens (tertiary/aromatic N) is 5. The SMILES string of the molecule is Cc1cccc(C)c1-c1cc2nc(n1)NS(=O)(=O)c1cccc(c1)C(=O)N(Cc1cnc3oc(C(C)(C)C)cc3n1)CCO2. The first kappa shape index (κ1) is 29.2. The normalized spacial score (nSPS) is 15.1. The van der Waals surface area contributed by atoms with Gasteiger partial charge in [0.15, 0.2) is 0 Å². The lowest BCUT2D eigenvalue weighted by molar-refractivity contribution is 0.0712. The van der Waals surface area contributed by atoms with Gasteiger partial charge in [0.05, 0.1) is 35.6 Å². The quantitative estimate of drug-likeness (QED) is 0.282. The van der Waals surface area contributed by atoms with E-state index in [0.717, 1.165) is 22.5 Å². The van der Waals surface area contributed by atoms with Crippen LogP contribution in [0, 0.1) is 13.8 Å². The van der Waals surface area contributed by atoms with E-state index in [1.807, 2.05) is 58.9 Å². The molecule has 2 aromatic carbocycles. The topological polar surface area (TPSA) is 140 Å². The maximum absolute atomic E-state index is 13.8. The number of aryl methyl sites for hydroxylation is 2. The highest BCUT2D eigenvalue weighted by atomic mass is 32.2. The summed E-state index contributed by atoms with van der Waals surface area (Å²) in [6.07, 6.45) is 1.58. The third-order valence-corrected chi connectivity index (χ3v) is 8.66. The first-order chi connectivity index (χ1) is 20.9. The summed E-state index contributed by atoms with van der Waals surface area (Å²) in [5.41, 5.74) is 4.84. The smallest absolute Gasteiger partial charge is 0.264 e. The number of carbonyl (C=O) groups is 1. The van der Waals surface area contributed by atoms with E-state index in [0.29, 0.717) is 22.6 Å². The number of rotatable bonds is 3. The van der Waals surface area contributed by atoms with Gasteiger partial charge in [0.25, 0.3) is 15.9 Å². The monoisotopic (exact) mass is 612 g/mol. The molecule has 6 rings (SSSR count). The van der Waals surface area contributed by atoms with Crippen LogP contribution in [0.25, 0.3) is 22.5 Å². The van der Waals surface area contributed by atoms with Crippen molar-refractivity contribution < 1.29 is 22.4 Å². The summed E-state index contributed by atoms with van der Waals surface area (Å²) in [5, 5.41) is 0. The zero-order valence-corrected chi connectivity index (χ0v) is 25.9. The van der Waals surface area contributed by atoms with Crippen molar-refractivity contribution in [1.82, 2.24) is 24.8 Å². The van der Waals surface area contributed by atoms with Gasteiger partial charge in [-0.15, -0.1) is 0 Å². The fraction of sp³-hybridized carbons (Fsp3) is 0.281. The van der Waals surface area contributed by atoms with Gasteiger partial charge in [-0.3, -0.25) is 4.79 Å². The summed E-state index contributed by atoms with van der Waals surface area (Å²) in [4.78, 5) is 33.2. The number of hydrogen-bond donors (Lipinski definition) is 1. The lowest BCUT2D eigenvalue weighted by Gasteiger charge is -2.22. The van der Waals surface area contributed by atoms with Gasteiger partial charge in [0, 0.05) is 28.7 Å². The Bertz CT molecular complexity index is 2000. The van der Waals surface area contributed by atoms with Crippen LogP contribution in [0.3, 0.4) is 0 Å². The molecule has 11 nitrogen and oxygen atoms in total. The summed E-state index contributed by atoms with van der Waals surface area (Å²) >= 11 is 0. The summed E-state index contributed by atoms with van der Waals surface area (Å²) in [6, 6.07) is 15.3. The molecule has 5 aromatic rings. The Labute approximate surface area is 255 Å². The molecule has 0 radical (unpaired) electrons. The van der Waals surface area contributed by atoms with Crippen LogP contribution in [0.4, 0.5) is 5.95 Å². The minimum absolute atomic E-state index is 0.0797. The molecule has 226 valence electrons. The van der Waals surface area contributed by atoms with E-state index >= 15 is 0 Å². The van der Waals surface area contributed by atoms with E-state index in [1.165, 1.54) is 18.2 Å². The average Bonchev–Trinajstić information content (AvgIpc) is 3.40. The van der Waals surface area contributed by atoms with Gasteiger partial charge in [0.2, 0.25) is 17.5 Å². The van der Waals surface area contributed by atoms with Crippen LogP contribution in [0.1, 0.15) is 53.7 Å². The summed E-state index contributed by atoms with van der Waals surface area (Å²) < 4.78 is 41.3. The Morgan fingerprint density at radius 1 is 0.977 bits per heavy atom. The second-order valence-corrected chi connectivity index (χ2v) is 13.5. The number of nitrogens with one attached hydrogen (secondary N) is 1. The fourth-order valence-electron chi connectivity index (χ4n) is 5.06. The number of benzene rings is 2. The summed E-state index contributed by atoms with van der Waals surface area (Å²) in [6.45, 7) is 10.4. The van der Waals surface area contributed by atoms with Crippen LogP contribution < -0.4 is 9.46 Å². The number of amides is 1. The van der Waals surface area contributed by atoms with Crippen LogP contribution in [0.15, 0.2) is 70.1 Å². The van der Waals surface area contributed by atoms with E-state index in [9.17, 15) is 13.2 Å². The number of anilines is 1. The molecular formula is C32H32N6O5S. The number of fused-ring (bicyclic) bond motifs is 5. The highest BCUT2D eigenvalue weighted by Gasteiger charge is 2.25. The van der Waals surface area contributed by atoms with Gasteiger partial charge >= 0.3 is 0 Å². The Morgan fingerprint density at radius 2 is 1.73 bits per heavy atom. The first-order valence-electron chi connectivity index (χ1n) is 14.1. The third kappa shape index (κ3) is 5.85. The van der Waals surface area contributed by atoms with E-state index < -0.39 is 10.0 Å². The molecule has 3 aromatic heterocycles. The van der Waals surface area contributed by atoms with Crippen molar-refractivity contribution in [3.05, 3.63) is 88.9 Å². The Balaban J connectivity index is 1.39. The maximum atomic E-state index is 13.8. The van der Waals surface area contributed by atoms with Crippen molar-refractivity contribution in [1.29, 1.82) is 0 Å². The van der Waals surface area contributed by atoms with Crippen molar-refractivity contribution in [3.8, 4) is 17.1 Å². The number of furan rings is 1. The minimum atomic E-state index is -4.15. The van der Waals surface area contributed by atoms with Crippen molar-refractivity contribution in [2.24, 2.45) is 0 Å². The van der Waals surface area contributed by atoms with Crippen LogP contribution in [-0.2, 0) is 22.0 Å². The third-order valence-electron chi connectivity index (χ3n) is 7.34. The van der Waals surface area contributed by atoms with E-state index in [1.54, 1.807) is 23.2 Å². The molecule has 44 heavy (non-hydrogen) atoms. The predicted molar refractivity (Wildman–Crippen MR) is 165 cm³/mol. The molecule has 0 spiro atoms. The molecule has 1 aliphatic rings. The second-order valence-electron chi connectivity index (χ2n) is 11.8. The number of ether oxygens (including phenoxy) is 1. The Morgan fingerprint density at radius 3 is 2.48 bits per heavy atom. The molecule has 0 unspecified atom stereocenters. The van der Waals surface area contributed by atoms with Crippen molar-refractivity contribution in [2.75, 3.05) is 17.9 Å². The van der Waals surface area contributed by atoms with E-state index in [4.69, 9.17) is 14.1 Å². The Hall–Kier alpha value is -4.84. The Kier molecular flexibility index (Phi) is 7.32. The van der Waals surface area contributed by atoms with Gasteiger partial charge in [-0.1, -0.05) is 45.0 Å². The lowest BCUT2D eigenvalue weighted by Crippen LogP contribution is -2.34. The molecule has 0 saturated carbocycles. The van der Waals surface area contributed by atoms with Crippen LogP contribution in [0.5, 0.6) is 5.88 Å². The molecule has 1 aliphatic heterocycles. The van der Waals surface area contributed by atoms with Crippen LogP contribution >= 0.6 is 0 Å². The van der Waals surface area contributed by atoms with Gasteiger partial charge in [-0.2, -0.15) is 4.98 Å². The number of aromatic nitrogens is 4. The molecule has 1 N–H and O–H groups in total. The molecule has 0 atom stereocenters. The first-order valence-corrected chi connectivity index (χ1v) is 15.6. The van der Waals surface area contributed by atoms with Crippen molar-refractivity contribution in [3.63, 3.8) is 0 Å². The molecule has 0 aliphatic carbocycles. The number of sulfonamides is 1. The summed E-state index contributed by atoms with van der Waals surface area (Å²) in [7, 11) is -4.15. The fourth-order valence-corrected chi connectivity index (χ4v) is 6.05. The maximum Gasteiger partial charge on any atom is 0.264 e. The molecular weight excluding hydrogens is 580 g/mol. The van der Waals surface area contributed by atoms with Gasteiger partial charge in [0.1, 0.15) is 17.9 Å². The van der Waals surface area contributed by atoms with Crippen molar-refractivity contribution >= 4 is 33.1 Å². The molecule has 0 saturated heterocycles. The van der Waals surface area contributed by atoms with Crippen LogP contribution in [-0.4, -0.2) is 52.3 Å². The highest BCUT2D eigenvalue weighted by Crippen LogP contribution is 2.30. The largest absolute Gasteiger partial charge is 0.476 e. The number of hydrogen-bond acceptors (Lipinski definition) is 9. The predicted octanol–water partition coefficient (Wildman–Crippen LogP) is 5.43. The zero-order chi connectivity index (χ0) is 31.2. The zero-order valence-electron chi connectivity index (χ0n) is 25.1. The van der Waals surface area contributed by atoms with Gasteiger partial charge < -0.3 is 14.1 Å². The average molecular weight is 613 g/mol. The van der Waals surface area contributed by atoms with Gasteiger partial charge in [-0.05, 0) is 43.2 Å². The van der Waals surface area contributed by atoms with Crippen LogP contribution in [0.2, 0.25) is 0 Å². The summed E-state index contributed by atoms with van der Waals surface area (Å²) in [5.74, 6) is 0.408.